The molecule has 0 aliphatic carbocycles. The number of benzene rings is 1. The number of fused-ring (bicyclic) bond motifs is 1. The van der Waals surface area contributed by atoms with Gasteiger partial charge in [-0.25, -0.2) is 0 Å². The molecule has 8 heteroatoms. The molecule has 2 aliphatic heterocycles. The van der Waals surface area contributed by atoms with Crippen molar-refractivity contribution in [2.45, 2.75) is 20.8 Å². The topological polar surface area (TPSA) is 84.9 Å². The number of carbonyl (C=O) groups excluding carboxylic acids is 3. The highest BCUT2D eigenvalue weighted by atomic mass is 32.2. The fourth-order valence-electron chi connectivity index (χ4n) is 2.35. The lowest BCUT2D eigenvalue weighted by molar-refractivity contribution is -0.129. The van der Waals surface area contributed by atoms with Crippen LogP contribution in [-0.2, 0) is 14.4 Å². The first-order valence-corrected chi connectivity index (χ1v) is 9.11. The normalized spacial score (nSPS) is 17.7. The van der Waals surface area contributed by atoms with E-state index in [1.165, 1.54) is 22.7 Å². The van der Waals surface area contributed by atoms with Gasteiger partial charge in [0.05, 0.1) is 10.8 Å². The van der Waals surface area contributed by atoms with Gasteiger partial charge in [0.15, 0.2) is 17.3 Å². The maximum atomic E-state index is 12.3. The maximum Gasteiger partial charge on any atom is 0.244 e. The third kappa shape index (κ3) is 4.01. The van der Waals surface area contributed by atoms with Crippen molar-refractivity contribution in [2.75, 3.05) is 24.4 Å². The van der Waals surface area contributed by atoms with E-state index in [-0.39, 0.29) is 36.7 Å². The average Bonchev–Trinajstić information content (AvgIpc) is 3.15. The lowest BCUT2D eigenvalue weighted by atomic mass is 9.91. The number of anilines is 1. The first-order valence-electron chi connectivity index (χ1n) is 8.13. The van der Waals surface area contributed by atoms with Crippen molar-refractivity contribution < 1.29 is 23.9 Å². The third-order valence-corrected chi connectivity index (χ3v) is 4.89. The number of allylic oxidation sites excluding steroid dienone is 1. The molecule has 1 aromatic carbocycles. The second-order valence-corrected chi connectivity index (χ2v) is 7.98. The molecule has 3 rings (SSSR count). The van der Waals surface area contributed by atoms with Crippen LogP contribution in [0.4, 0.5) is 5.69 Å². The summed E-state index contributed by atoms with van der Waals surface area (Å²) in [5.41, 5.74) is 0.00873. The zero-order chi connectivity index (χ0) is 18.9. The van der Waals surface area contributed by atoms with E-state index in [2.05, 4.69) is 5.32 Å². The van der Waals surface area contributed by atoms with Gasteiger partial charge in [-0.3, -0.25) is 19.3 Å². The second kappa shape index (κ2) is 7.03. The highest BCUT2D eigenvalue weighted by Crippen LogP contribution is 2.34. The summed E-state index contributed by atoms with van der Waals surface area (Å²) in [6, 6.07) is 5.08. The molecular formula is C18H20N2O5S. The van der Waals surface area contributed by atoms with E-state index in [0.29, 0.717) is 22.2 Å². The summed E-state index contributed by atoms with van der Waals surface area (Å²) in [5.74, 6) is 0.779. The molecule has 26 heavy (non-hydrogen) atoms. The van der Waals surface area contributed by atoms with Gasteiger partial charge in [-0.2, -0.15) is 0 Å². The minimum absolute atomic E-state index is 0.0871. The number of rotatable bonds is 4. The largest absolute Gasteiger partial charge is 0.454 e. The van der Waals surface area contributed by atoms with Gasteiger partial charge in [0.2, 0.25) is 18.6 Å². The van der Waals surface area contributed by atoms with Crippen LogP contribution in [0, 0.1) is 5.41 Å². The monoisotopic (exact) mass is 376 g/mol. The Labute approximate surface area is 155 Å². The summed E-state index contributed by atoms with van der Waals surface area (Å²) in [6.07, 6.45) is 1.45. The molecule has 0 spiro atoms. The number of ketones is 1. The van der Waals surface area contributed by atoms with Crippen molar-refractivity contribution in [3.05, 3.63) is 29.3 Å². The van der Waals surface area contributed by atoms with Crippen LogP contribution in [0.3, 0.4) is 0 Å². The maximum absolute atomic E-state index is 12.3. The van der Waals surface area contributed by atoms with E-state index in [9.17, 15) is 14.4 Å². The Balaban J connectivity index is 1.68. The SMILES string of the molecule is CC(C)(C)C(=O)/C=C1\SCC(=O)N1CC(=O)Nc1ccc2c(c1)OCO2. The summed E-state index contributed by atoms with van der Waals surface area (Å²) in [6.45, 7) is 5.44. The summed E-state index contributed by atoms with van der Waals surface area (Å²) in [5, 5.41) is 3.24. The van der Waals surface area contributed by atoms with E-state index in [4.69, 9.17) is 9.47 Å². The van der Waals surface area contributed by atoms with Crippen molar-refractivity contribution in [2.24, 2.45) is 5.41 Å². The summed E-state index contributed by atoms with van der Waals surface area (Å²) < 4.78 is 10.5. The van der Waals surface area contributed by atoms with Crippen LogP contribution in [0.1, 0.15) is 20.8 Å². The van der Waals surface area contributed by atoms with E-state index < -0.39 is 5.41 Å². The van der Waals surface area contributed by atoms with Crippen LogP contribution < -0.4 is 14.8 Å². The van der Waals surface area contributed by atoms with Gasteiger partial charge in [-0.05, 0) is 12.1 Å². The molecule has 0 saturated carbocycles. The Morgan fingerprint density at radius 2 is 2.00 bits per heavy atom. The number of thioether (sulfide) groups is 1. The number of amides is 2. The van der Waals surface area contributed by atoms with Gasteiger partial charge in [0.25, 0.3) is 0 Å². The van der Waals surface area contributed by atoms with Crippen molar-refractivity contribution in [3.8, 4) is 11.5 Å². The predicted molar refractivity (Wildman–Crippen MR) is 97.9 cm³/mol. The molecule has 1 saturated heterocycles. The molecule has 0 atom stereocenters. The van der Waals surface area contributed by atoms with E-state index in [1.807, 2.05) is 20.8 Å². The fourth-order valence-corrected chi connectivity index (χ4v) is 3.29. The summed E-state index contributed by atoms with van der Waals surface area (Å²) in [4.78, 5) is 38.0. The third-order valence-electron chi connectivity index (χ3n) is 3.86. The van der Waals surface area contributed by atoms with Gasteiger partial charge in [-0.15, -0.1) is 0 Å². The van der Waals surface area contributed by atoms with Gasteiger partial charge in [-0.1, -0.05) is 32.5 Å². The zero-order valence-corrected chi connectivity index (χ0v) is 15.6. The molecule has 7 nitrogen and oxygen atoms in total. The van der Waals surface area contributed by atoms with Crippen LogP contribution >= 0.6 is 11.8 Å². The molecule has 2 aliphatic rings. The smallest absolute Gasteiger partial charge is 0.244 e. The molecule has 2 heterocycles. The highest BCUT2D eigenvalue weighted by molar-refractivity contribution is 8.04. The van der Waals surface area contributed by atoms with Gasteiger partial charge < -0.3 is 14.8 Å². The average molecular weight is 376 g/mol. The van der Waals surface area contributed by atoms with Crippen LogP contribution in [0.5, 0.6) is 11.5 Å². The summed E-state index contributed by atoms with van der Waals surface area (Å²) >= 11 is 1.27. The van der Waals surface area contributed by atoms with Crippen LogP contribution in [0.25, 0.3) is 0 Å². The van der Waals surface area contributed by atoms with Crippen molar-refractivity contribution >= 4 is 35.0 Å². The first-order chi connectivity index (χ1) is 12.2. The van der Waals surface area contributed by atoms with Crippen LogP contribution in [-0.4, -0.2) is 41.6 Å². The van der Waals surface area contributed by atoms with Crippen molar-refractivity contribution in [1.82, 2.24) is 4.90 Å². The molecular weight excluding hydrogens is 356 g/mol. The number of nitrogens with one attached hydrogen (secondary N) is 1. The Morgan fingerprint density at radius 3 is 2.73 bits per heavy atom. The second-order valence-electron chi connectivity index (χ2n) is 6.98. The van der Waals surface area contributed by atoms with Crippen molar-refractivity contribution in [3.63, 3.8) is 0 Å². The number of hydrogen-bond acceptors (Lipinski definition) is 6. The molecule has 1 fully saturated rings. The Morgan fingerprint density at radius 1 is 1.27 bits per heavy atom. The number of nitrogens with zero attached hydrogens (tertiary/aromatic N) is 1. The van der Waals surface area contributed by atoms with Crippen LogP contribution in [0.15, 0.2) is 29.3 Å². The Kier molecular flexibility index (Phi) is 4.95. The molecule has 0 bridgehead atoms. The lowest BCUT2D eigenvalue weighted by Crippen LogP contribution is -2.34. The van der Waals surface area contributed by atoms with E-state index >= 15 is 0 Å². The molecule has 2 amide bonds. The van der Waals surface area contributed by atoms with Crippen molar-refractivity contribution in [1.29, 1.82) is 0 Å². The molecule has 138 valence electrons. The first kappa shape index (κ1) is 18.3. The molecule has 1 N–H and O–H groups in total. The summed E-state index contributed by atoms with van der Waals surface area (Å²) in [7, 11) is 0. The number of ether oxygens (including phenoxy) is 2. The van der Waals surface area contributed by atoms with Gasteiger partial charge in [0.1, 0.15) is 6.54 Å². The van der Waals surface area contributed by atoms with E-state index in [1.54, 1.807) is 18.2 Å². The number of hydrogen-bond donors (Lipinski definition) is 1. The van der Waals surface area contributed by atoms with Crippen LogP contribution in [0.2, 0.25) is 0 Å². The highest BCUT2D eigenvalue weighted by Gasteiger charge is 2.31. The van der Waals surface area contributed by atoms with E-state index in [0.717, 1.165) is 0 Å². The van der Waals surface area contributed by atoms with Gasteiger partial charge in [0, 0.05) is 23.2 Å². The quantitative estimate of drug-likeness (QED) is 0.812. The van der Waals surface area contributed by atoms with Gasteiger partial charge >= 0.3 is 0 Å². The lowest BCUT2D eigenvalue weighted by Gasteiger charge is -2.19. The number of carbonyl (C=O) groups is 3. The Bertz CT molecular complexity index is 797. The fraction of sp³-hybridized carbons (Fsp3) is 0.389. The standard InChI is InChI=1S/C18H20N2O5S/c1-18(2,3)14(21)7-17-20(16(23)9-26-17)8-15(22)19-11-4-5-12-13(6-11)25-10-24-12/h4-7H,8-10H2,1-3H3,(H,19,22)/b17-7-. The predicted octanol–water partition coefficient (Wildman–Crippen LogP) is 2.39. The Hall–Kier alpha value is -2.48. The minimum Gasteiger partial charge on any atom is -0.454 e. The molecule has 0 aromatic heterocycles. The molecule has 0 unspecified atom stereocenters. The minimum atomic E-state index is -0.542. The zero-order valence-electron chi connectivity index (χ0n) is 14.8. The molecule has 0 radical (unpaired) electrons. The molecule has 1 aromatic rings.